The first-order valence-electron chi connectivity index (χ1n) is 7.76. The molecule has 0 saturated carbocycles. The van der Waals surface area contributed by atoms with E-state index in [1.165, 1.54) is 12.1 Å². The molecular formula is C17H17ClFN5O. The van der Waals surface area contributed by atoms with Crippen molar-refractivity contribution in [1.29, 1.82) is 0 Å². The number of carbonyl (C=O) groups excluding carboxylic acids is 1. The highest BCUT2D eigenvalue weighted by Gasteiger charge is 2.08. The molecule has 1 N–H and O–H groups in total. The molecule has 0 atom stereocenters. The van der Waals surface area contributed by atoms with Crippen LogP contribution in [0.4, 0.5) is 10.1 Å². The fourth-order valence-electron chi connectivity index (χ4n) is 2.40. The SMILES string of the molecule is Cc1ccnn1CCC(=O)Nc1cnn(Cc2ccc(F)cc2Cl)c1. The minimum atomic E-state index is -0.380. The molecule has 1 amide bonds. The summed E-state index contributed by atoms with van der Waals surface area (Å²) in [6.45, 7) is 2.85. The summed E-state index contributed by atoms with van der Waals surface area (Å²) >= 11 is 6.01. The molecule has 0 bridgehead atoms. The van der Waals surface area contributed by atoms with Gasteiger partial charge in [0.2, 0.25) is 5.91 Å². The Kier molecular flexibility index (Phi) is 5.14. The molecule has 2 aromatic heterocycles. The first-order valence-corrected chi connectivity index (χ1v) is 8.14. The van der Waals surface area contributed by atoms with Crippen LogP contribution in [-0.2, 0) is 17.9 Å². The molecule has 0 fully saturated rings. The number of aryl methyl sites for hydroxylation is 2. The first-order chi connectivity index (χ1) is 12.0. The number of nitrogens with one attached hydrogen (secondary N) is 1. The Labute approximate surface area is 149 Å². The molecule has 3 rings (SSSR count). The number of hydrogen-bond donors (Lipinski definition) is 1. The van der Waals surface area contributed by atoms with Gasteiger partial charge in [0.15, 0.2) is 0 Å². The average molecular weight is 362 g/mol. The lowest BCUT2D eigenvalue weighted by atomic mass is 10.2. The highest BCUT2D eigenvalue weighted by Crippen LogP contribution is 2.18. The summed E-state index contributed by atoms with van der Waals surface area (Å²) in [5, 5.41) is 11.5. The normalized spacial score (nSPS) is 10.8. The zero-order valence-corrected chi connectivity index (χ0v) is 14.4. The molecular weight excluding hydrogens is 345 g/mol. The zero-order chi connectivity index (χ0) is 17.8. The van der Waals surface area contributed by atoms with Crippen molar-refractivity contribution in [3.05, 3.63) is 65.0 Å². The number of anilines is 1. The molecule has 0 aliphatic carbocycles. The van der Waals surface area contributed by atoms with Crippen LogP contribution in [-0.4, -0.2) is 25.5 Å². The maximum Gasteiger partial charge on any atom is 0.226 e. The second-order valence-electron chi connectivity index (χ2n) is 5.66. The minimum absolute atomic E-state index is 0.116. The lowest BCUT2D eigenvalue weighted by molar-refractivity contribution is -0.116. The summed E-state index contributed by atoms with van der Waals surface area (Å²) in [6, 6.07) is 6.12. The Morgan fingerprint density at radius 1 is 1.32 bits per heavy atom. The Morgan fingerprint density at radius 2 is 2.16 bits per heavy atom. The number of hydrogen-bond acceptors (Lipinski definition) is 3. The van der Waals surface area contributed by atoms with Crippen molar-refractivity contribution < 1.29 is 9.18 Å². The van der Waals surface area contributed by atoms with Crippen molar-refractivity contribution in [3.63, 3.8) is 0 Å². The van der Waals surface area contributed by atoms with E-state index < -0.39 is 0 Å². The van der Waals surface area contributed by atoms with Crippen molar-refractivity contribution in [1.82, 2.24) is 19.6 Å². The van der Waals surface area contributed by atoms with E-state index in [1.807, 2.05) is 13.0 Å². The molecule has 3 aromatic rings. The molecule has 0 aliphatic heterocycles. The van der Waals surface area contributed by atoms with Gasteiger partial charge in [0.25, 0.3) is 0 Å². The third-order valence-corrected chi connectivity index (χ3v) is 4.10. The first kappa shape index (κ1) is 17.2. The number of aromatic nitrogens is 4. The van der Waals surface area contributed by atoms with E-state index in [0.29, 0.717) is 30.2 Å². The predicted molar refractivity (Wildman–Crippen MR) is 92.9 cm³/mol. The van der Waals surface area contributed by atoms with Gasteiger partial charge < -0.3 is 5.32 Å². The quantitative estimate of drug-likeness (QED) is 0.733. The lowest BCUT2D eigenvalue weighted by Crippen LogP contribution is -2.15. The van der Waals surface area contributed by atoms with Gasteiger partial charge in [-0.1, -0.05) is 17.7 Å². The van der Waals surface area contributed by atoms with Crippen LogP contribution in [0, 0.1) is 12.7 Å². The van der Waals surface area contributed by atoms with Crippen LogP contribution in [0.25, 0.3) is 0 Å². The summed E-state index contributed by atoms with van der Waals surface area (Å²) in [4.78, 5) is 12.0. The van der Waals surface area contributed by atoms with Gasteiger partial charge >= 0.3 is 0 Å². The molecule has 25 heavy (non-hydrogen) atoms. The van der Waals surface area contributed by atoms with Crippen LogP contribution in [0.1, 0.15) is 17.7 Å². The summed E-state index contributed by atoms with van der Waals surface area (Å²) in [7, 11) is 0. The second kappa shape index (κ2) is 7.48. The number of carbonyl (C=O) groups is 1. The van der Waals surface area contributed by atoms with E-state index in [4.69, 9.17) is 11.6 Å². The summed E-state index contributed by atoms with van der Waals surface area (Å²) < 4.78 is 16.5. The number of nitrogens with zero attached hydrogens (tertiary/aromatic N) is 4. The van der Waals surface area contributed by atoms with Gasteiger partial charge in [0.05, 0.1) is 18.4 Å². The molecule has 130 valence electrons. The molecule has 8 heteroatoms. The minimum Gasteiger partial charge on any atom is -0.323 e. The number of rotatable bonds is 6. The van der Waals surface area contributed by atoms with Gasteiger partial charge in [0.1, 0.15) is 5.82 Å². The third-order valence-electron chi connectivity index (χ3n) is 3.74. The van der Waals surface area contributed by atoms with Gasteiger partial charge in [-0.05, 0) is 30.7 Å². The van der Waals surface area contributed by atoms with Crippen LogP contribution in [0.5, 0.6) is 0 Å². The summed E-state index contributed by atoms with van der Waals surface area (Å²) in [6.07, 6.45) is 5.29. The van der Waals surface area contributed by atoms with Crippen LogP contribution in [0.15, 0.2) is 42.9 Å². The zero-order valence-electron chi connectivity index (χ0n) is 13.6. The van der Waals surface area contributed by atoms with E-state index >= 15 is 0 Å². The number of halogens is 2. The Bertz CT molecular complexity index is 889. The summed E-state index contributed by atoms with van der Waals surface area (Å²) in [5.74, 6) is -0.496. The highest BCUT2D eigenvalue weighted by atomic mass is 35.5. The molecule has 0 aliphatic rings. The van der Waals surface area contributed by atoms with Gasteiger partial charge in [0, 0.05) is 36.1 Å². The molecule has 6 nitrogen and oxygen atoms in total. The molecule has 0 saturated heterocycles. The molecule has 1 aromatic carbocycles. The van der Waals surface area contributed by atoms with Crippen molar-refractivity contribution in [2.45, 2.75) is 26.4 Å². The maximum atomic E-state index is 13.1. The Balaban J connectivity index is 1.56. The van der Waals surface area contributed by atoms with E-state index in [2.05, 4.69) is 15.5 Å². The highest BCUT2D eigenvalue weighted by molar-refractivity contribution is 6.31. The number of amides is 1. The van der Waals surface area contributed by atoms with Crippen LogP contribution in [0.3, 0.4) is 0 Å². The Morgan fingerprint density at radius 3 is 2.88 bits per heavy atom. The van der Waals surface area contributed by atoms with Crippen molar-refractivity contribution in [3.8, 4) is 0 Å². The summed E-state index contributed by atoms with van der Waals surface area (Å²) in [5.41, 5.74) is 2.36. The van der Waals surface area contributed by atoms with Gasteiger partial charge in [-0.15, -0.1) is 0 Å². The van der Waals surface area contributed by atoms with Crippen molar-refractivity contribution in [2.24, 2.45) is 0 Å². The Hall–Kier alpha value is -2.67. The van der Waals surface area contributed by atoms with E-state index in [9.17, 15) is 9.18 Å². The largest absolute Gasteiger partial charge is 0.323 e. The smallest absolute Gasteiger partial charge is 0.226 e. The van der Waals surface area contributed by atoms with Gasteiger partial charge in [-0.25, -0.2) is 4.39 Å². The van der Waals surface area contributed by atoms with Crippen LogP contribution >= 0.6 is 11.6 Å². The van der Waals surface area contributed by atoms with E-state index in [0.717, 1.165) is 11.3 Å². The topological polar surface area (TPSA) is 64.7 Å². The van der Waals surface area contributed by atoms with Crippen LogP contribution in [0.2, 0.25) is 5.02 Å². The molecule has 0 radical (unpaired) electrons. The fraction of sp³-hybridized carbons (Fsp3) is 0.235. The molecule has 0 spiro atoms. The number of benzene rings is 1. The van der Waals surface area contributed by atoms with Gasteiger partial charge in [-0.3, -0.25) is 14.2 Å². The van der Waals surface area contributed by atoms with E-state index in [1.54, 1.807) is 34.0 Å². The lowest BCUT2D eigenvalue weighted by Gasteiger charge is -2.05. The van der Waals surface area contributed by atoms with Crippen molar-refractivity contribution in [2.75, 3.05) is 5.32 Å². The predicted octanol–water partition coefficient (Wildman–Crippen LogP) is 3.26. The average Bonchev–Trinajstić information content (AvgIpc) is 3.17. The third kappa shape index (κ3) is 4.45. The molecule has 0 unspecified atom stereocenters. The molecule has 2 heterocycles. The maximum absolute atomic E-state index is 13.1. The standard InChI is InChI=1S/C17H17ClFN5O/c1-12-4-6-20-24(12)7-5-17(25)22-15-9-21-23(11-15)10-13-2-3-14(19)8-16(13)18/h2-4,6,8-9,11H,5,7,10H2,1H3,(H,22,25). The fourth-order valence-corrected chi connectivity index (χ4v) is 2.63. The second-order valence-corrected chi connectivity index (χ2v) is 6.06. The monoisotopic (exact) mass is 361 g/mol. The van der Waals surface area contributed by atoms with E-state index in [-0.39, 0.29) is 11.7 Å². The van der Waals surface area contributed by atoms with Gasteiger partial charge in [-0.2, -0.15) is 10.2 Å². The van der Waals surface area contributed by atoms with Crippen molar-refractivity contribution >= 4 is 23.2 Å². The van der Waals surface area contributed by atoms with Crippen LogP contribution < -0.4 is 5.32 Å².